The summed E-state index contributed by atoms with van der Waals surface area (Å²) in [6.07, 6.45) is 2.23. The molecule has 96 valence electrons. The third kappa shape index (κ3) is 3.30. The number of nitrogens with one attached hydrogen (secondary N) is 1. The number of hydrogen-bond acceptors (Lipinski definition) is 3. The summed E-state index contributed by atoms with van der Waals surface area (Å²) in [6, 6.07) is -0.0737. The van der Waals surface area contributed by atoms with Gasteiger partial charge in [-0.3, -0.25) is 9.48 Å². The molecule has 1 amide bonds. The van der Waals surface area contributed by atoms with E-state index in [1.807, 2.05) is 20.3 Å². The zero-order chi connectivity index (χ0) is 13.2. The molecule has 5 heteroatoms. The van der Waals surface area contributed by atoms with Gasteiger partial charge >= 0.3 is 0 Å². The first-order chi connectivity index (χ1) is 7.75. The van der Waals surface area contributed by atoms with Crippen LogP contribution in [-0.2, 0) is 17.3 Å². The van der Waals surface area contributed by atoms with Crippen molar-refractivity contribution in [2.45, 2.75) is 38.6 Å². The Labute approximate surface area is 102 Å². The molecular formula is C12H22N4O. The highest BCUT2D eigenvalue weighted by Gasteiger charge is 2.26. The lowest BCUT2D eigenvalue weighted by molar-refractivity contribution is -0.118. The maximum Gasteiger partial charge on any atom is 0.219 e. The Morgan fingerprint density at radius 1 is 1.59 bits per heavy atom. The Morgan fingerprint density at radius 3 is 2.59 bits per heavy atom. The van der Waals surface area contributed by atoms with Gasteiger partial charge in [0.2, 0.25) is 5.91 Å². The molecule has 1 unspecified atom stereocenters. The van der Waals surface area contributed by atoms with Gasteiger partial charge in [0, 0.05) is 36.7 Å². The molecule has 1 aromatic heterocycles. The number of rotatable bonds is 4. The second-order valence-electron chi connectivity index (χ2n) is 5.37. The zero-order valence-electron chi connectivity index (χ0n) is 11.2. The zero-order valence-corrected chi connectivity index (χ0v) is 11.2. The van der Waals surface area contributed by atoms with Gasteiger partial charge in [0.25, 0.3) is 0 Å². The molecule has 1 atom stereocenters. The van der Waals surface area contributed by atoms with E-state index in [-0.39, 0.29) is 23.8 Å². The van der Waals surface area contributed by atoms with Crippen molar-refractivity contribution in [3.8, 4) is 0 Å². The molecule has 0 fully saturated rings. The van der Waals surface area contributed by atoms with Gasteiger partial charge in [-0.05, 0) is 7.05 Å². The van der Waals surface area contributed by atoms with Gasteiger partial charge in [-0.1, -0.05) is 20.8 Å². The Hall–Kier alpha value is -1.36. The molecular weight excluding hydrogens is 216 g/mol. The number of carbonyl (C=O) groups excluding carboxylic acids is 1. The molecule has 0 radical (unpaired) electrons. The fourth-order valence-electron chi connectivity index (χ4n) is 1.91. The van der Waals surface area contributed by atoms with E-state index in [4.69, 9.17) is 5.73 Å². The van der Waals surface area contributed by atoms with Crippen LogP contribution in [0.5, 0.6) is 0 Å². The average Bonchev–Trinajstić information content (AvgIpc) is 2.55. The highest BCUT2D eigenvalue weighted by Crippen LogP contribution is 2.29. The minimum absolute atomic E-state index is 0.0522. The number of primary amides is 1. The number of aryl methyl sites for hydroxylation is 1. The fourth-order valence-corrected chi connectivity index (χ4v) is 1.91. The van der Waals surface area contributed by atoms with E-state index in [9.17, 15) is 4.79 Å². The topological polar surface area (TPSA) is 72.9 Å². The molecule has 17 heavy (non-hydrogen) atoms. The Kier molecular flexibility index (Phi) is 3.93. The number of nitrogens with two attached hydrogens (primary N) is 1. The third-order valence-electron chi connectivity index (χ3n) is 2.70. The van der Waals surface area contributed by atoms with Crippen molar-refractivity contribution in [3.63, 3.8) is 0 Å². The number of amides is 1. The predicted molar refractivity (Wildman–Crippen MR) is 67.5 cm³/mol. The first-order valence-corrected chi connectivity index (χ1v) is 5.75. The molecule has 3 N–H and O–H groups in total. The maximum atomic E-state index is 11.1. The largest absolute Gasteiger partial charge is 0.370 e. The standard InChI is InChI=1S/C12H22N4O/c1-12(2,3)11-8(7-16(5)15-11)9(14-4)6-10(13)17/h7,9,14H,6H2,1-5H3,(H2,13,17). The van der Waals surface area contributed by atoms with Crippen LogP contribution >= 0.6 is 0 Å². The average molecular weight is 238 g/mol. The smallest absolute Gasteiger partial charge is 0.219 e. The van der Waals surface area contributed by atoms with E-state index in [0.29, 0.717) is 0 Å². The molecule has 0 spiro atoms. The summed E-state index contributed by atoms with van der Waals surface area (Å²) in [5, 5.41) is 7.60. The quantitative estimate of drug-likeness (QED) is 0.817. The van der Waals surface area contributed by atoms with E-state index in [1.54, 1.807) is 4.68 Å². The molecule has 1 heterocycles. The lowest BCUT2D eigenvalue weighted by atomic mass is 9.87. The lowest BCUT2D eigenvalue weighted by Gasteiger charge is -2.21. The summed E-state index contributed by atoms with van der Waals surface area (Å²) in [7, 11) is 3.71. The lowest BCUT2D eigenvalue weighted by Crippen LogP contribution is -2.26. The first kappa shape index (κ1) is 13.7. The van der Waals surface area contributed by atoms with E-state index >= 15 is 0 Å². The molecule has 0 saturated heterocycles. The third-order valence-corrected chi connectivity index (χ3v) is 2.70. The van der Waals surface area contributed by atoms with Crippen molar-refractivity contribution >= 4 is 5.91 Å². The normalized spacial score (nSPS) is 13.7. The van der Waals surface area contributed by atoms with E-state index in [2.05, 4.69) is 31.2 Å². The highest BCUT2D eigenvalue weighted by molar-refractivity contribution is 5.74. The van der Waals surface area contributed by atoms with E-state index in [1.165, 1.54) is 0 Å². The maximum absolute atomic E-state index is 11.1. The van der Waals surface area contributed by atoms with Crippen LogP contribution in [0.2, 0.25) is 0 Å². The molecule has 0 bridgehead atoms. The van der Waals surface area contributed by atoms with Gasteiger partial charge in [0.1, 0.15) is 0 Å². The van der Waals surface area contributed by atoms with E-state index < -0.39 is 0 Å². The van der Waals surface area contributed by atoms with Gasteiger partial charge in [-0.2, -0.15) is 5.10 Å². The number of aromatic nitrogens is 2. The van der Waals surface area contributed by atoms with Crippen molar-refractivity contribution in [1.29, 1.82) is 0 Å². The summed E-state index contributed by atoms with van der Waals surface area (Å²) in [5.41, 5.74) is 7.26. The predicted octanol–water partition coefficient (Wildman–Crippen LogP) is 0.853. The van der Waals surface area contributed by atoms with Crippen molar-refractivity contribution in [2.75, 3.05) is 7.05 Å². The summed E-state index contributed by atoms with van der Waals surface area (Å²) < 4.78 is 1.78. The molecule has 0 aliphatic carbocycles. The van der Waals surface area contributed by atoms with Gasteiger partial charge in [-0.25, -0.2) is 0 Å². The molecule has 0 aliphatic rings. The van der Waals surface area contributed by atoms with Crippen LogP contribution in [-0.4, -0.2) is 22.7 Å². The van der Waals surface area contributed by atoms with Gasteiger partial charge in [0.15, 0.2) is 0 Å². The molecule has 0 aliphatic heterocycles. The Morgan fingerprint density at radius 2 is 2.18 bits per heavy atom. The molecule has 1 rings (SSSR count). The number of hydrogen-bond donors (Lipinski definition) is 2. The summed E-state index contributed by atoms with van der Waals surface area (Å²) in [6.45, 7) is 6.32. The van der Waals surface area contributed by atoms with Crippen LogP contribution in [0.4, 0.5) is 0 Å². The summed E-state index contributed by atoms with van der Waals surface area (Å²) in [4.78, 5) is 11.1. The first-order valence-electron chi connectivity index (χ1n) is 5.75. The van der Waals surface area contributed by atoms with Gasteiger partial charge in [0.05, 0.1) is 5.69 Å². The molecule has 5 nitrogen and oxygen atoms in total. The second kappa shape index (κ2) is 4.87. The van der Waals surface area contributed by atoms with Crippen molar-refractivity contribution < 1.29 is 4.79 Å². The van der Waals surface area contributed by atoms with E-state index in [0.717, 1.165) is 11.3 Å². The van der Waals surface area contributed by atoms with Crippen molar-refractivity contribution in [2.24, 2.45) is 12.8 Å². The van der Waals surface area contributed by atoms with Gasteiger partial charge in [-0.15, -0.1) is 0 Å². The Balaban J connectivity index is 3.14. The van der Waals surface area contributed by atoms with Crippen LogP contribution < -0.4 is 11.1 Å². The number of nitrogens with zero attached hydrogens (tertiary/aromatic N) is 2. The van der Waals surface area contributed by atoms with Crippen LogP contribution in [0, 0.1) is 0 Å². The summed E-state index contributed by atoms with van der Waals surface area (Å²) >= 11 is 0. The van der Waals surface area contributed by atoms with Gasteiger partial charge < -0.3 is 11.1 Å². The SMILES string of the molecule is CNC(CC(N)=O)c1cn(C)nc1C(C)(C)C. The minimum atomic E-state index is -0.312. The van der Waals surface area contributed by atoms with Crippen molar-refractivity contribution in [3.05, 3.63) is 17.5 Å². The van der Waals surface area contributed by atoms with Crippen LogP contribution in [0.15, 0.2) is 6.20 Å². The fraction of sp³-hybridized carbons (Fsp3) is 0.667. The van der Waals surface area contributed by atoms with Crippen LogP contribution in [0.1, 0.15) is 44.5 Å². The monoisotopic (exact) mass is 238 g/mol. The highest BCUT2D eigenvalue weighted by atomic mass is 16.1. The molecule has 0 aromatic carbocycles. The van der Waals surface area contributed by atoms with Crippen molar-refractivity contribution in [1.82, 2.24) is 15.1 Å². The second-order valence-corrected chi connectivity index (χ2v) is 5.37. The molecule has 1 aromatic rings. The molecule has 0 saturated carbocycles. The Bertz CT molecular complexity index is 403. The number of carbonyl (C=O) groups is 1. The van der Waals surface area contributed by atoms with Crippen LogP contribution in [0.3, 0.4) is 0 Å². The summed E-state index contributed by atoms with van der Waals surface area (Å²) in [5.74, 6) is -0.312. The van der Waals surface area contributed by atoms with Crippen LogP contribution in [0.25, 0.3) is 0 Å². The minimum Gasteiger partial charge on any atom is -0.370 e.